The summed E-state index contributed by atoms with van der Waals surface area (Å²) in [6.45, 7) is 1.91. The Kier molecular flexibility index (Phi) is 6.55. The van der Waals surface area contributed by atoms with Gasteiger partial charge in [-0.25, -0.2) is 4.79 Å². The van der Waals surface area contributed by atoms with Gasteiger partial charge in [0.1, 0.15) is 11.6 Å². The third-order valence-corrected chi connectivity index (χ3v) is 3.57. The van der Waals surface area contributed by atoms with Gasteiger partial charge in [0.05, 0.1) is 17.7 Å². The molecule has 2 aromatic carbocycles. The minimum absolute atomic E-state index is 0.234. The van der Waals surface area contributed by atoms with E-state index in [0.29, 0.717) is 11.3 Å². The number of hydrogen-bond donors (Lipinski definition) is 1. The number of halogens is 3. The molecule has 0 saturated carbocycles. The predicted octanol–water partition coefficient (Wildman–Crippen LogP) is 4.43. The number of esters is 1. The molecule has 2 aromatic rings. The molecule has 144 valence electrons. The van der Waals surface area contributed by atoms with Crippen LogP contribution in [0.2, 0.25) is 0 Å². The Bertz CT molecular complexity index is 925. The van der Waals surface area contributed by atoms with Crippen molar-refractivity contribution in [3.05, 3.63) is 70.8 Å². The van der Waals surface area contributed by atoms with E-state index in [2.05, 4.69) is 5.32 Å². The van der Waals surface area contributed by atoms with E-state index in [1.165, 1.54) is 42.5 Å². The maximum atomic E-state index is 12.6. The molecule has 0 fully saturated rings. The molecule has 0 atom stereocenters. The number of carbonyl (C=O) groups is 2. The summed E-state index contributed by atoms with van der Waals surface area (Å²) in [4.78, 5) is 23.8. The van der Waals surface area contributed by atoms with Crippen LogP contribution in [0.3, 0.4) is 0 Å². The highest BCUT2D eigenvalue weighted by Crippen LogP contribution is 2.29. The third kappa shape index (κ3) is 5.45. The molecule has 0 aliphatic carbocycles. The quantitative estimate of drug-likeness (QED) is 0.467. The smallest absolute Gasteiger partial charge is 0.416 e. The number of nitrogens with one attached hydrogen (secondary N) is 1. The molecule has 2 rings (SSSR count). The molecule has 0 heterocycles. The molecule has 0 bridgehead atoms. The fraction of sp³-hybridized carbons (Fsp3) is 0.150. The highest BCUT2D eigenvalue weighted by atomic mass is 19.4. The van der Waals surface area contributed by atoms with Gasteiger partial charge < -0.3 is 10.1 Å². The Balaban J connectivity index is 2.12. The van der Waals surface area contributed by atoms with Crippen molar-refractivity contribution in [2.24, 2.45) is 0 Å². The van der Waals surface area contributed by atoms with Gasteiger partial charge in [0.25, 0.3) is 5.91 Å². The summed E-state index contributed by atoms with van der Waals surface area (Å²) >= 11 is 0. The van der Waals surface area contributed by atoms with Crippen LogP contribution in [0.5, 0.6) is 0 Å². The largest absolute Gasteiger partial charge is 0.462 e. The zero-order valence-electron chi connectivity index (χ0n) is 14.7. The van der Waals surface area contributed by atoms with Gasteiger partial charge >= 0.3 is 12.1 Å². The lowest BCUT2D eigenvalue weighted by atomic mass is 10.1. The van der Waals surface area contributed by atoms with E-state index in [9.17, 15) is 28.0 Å². The lowest BCUT2D eigenvalue weighted by Gasteiger charge is -2.07. The number of anilines is 1. The van der Waals surface area contributed by atoms with Crippen molar-refractivity contribution >= 4 is 23.6 Å². The number of nitriles is 1. The summed E-state index contributed by atoms with van der Waals surface area (Å²) in [7, 11) is 0. The van der Waals surface area contributed by atoms with E-state index >= 15 is 0 Å². The van der Waals surface area contributed by atoms with Gasteiger partial charge in [-0.2, -0.15) is 18.4 Å². The molecule has 0 aliphatic rings. The molecule has 0 spiro atoms. The molecule has 1 amide bonds. The van der Waals surface area contributed by atoms with Crippen molar-refractivity contribution in [2.45, 2.75) is 13.1 Å². The second-order valence-electron chi connectivity index (χ2n) is 5.54. The van der Waals surface area contributed by atoms with E-state index in [1.54, 1.807) is 13.0 Å². The number of ether oxygens (including phenoxy) is 1. The minimum atomic E-state index is -4.46. The lowest BCUT2D eigenvalue weighted by molar-refractivity contribution is -0.137. The normalized spacial score (nSPS) is 11.5. The Morgan fingerprint density at radius 3 is 2.21 bits per heavy atom. The van der Waals surface area contributed by atoms with Crippen LogP contribution in [-0.2, 0) is 15.7 Å². The average molecular weight is 388 g/mol. The lowest BCUT2D eigenvalue weighted by Crippen LogP contribution is -2.13. The fourth-order valence-corrected chi connectivity index (χ4v) is 2.19. The zero-order valence-corrected chi connectivity index (χ0v) is 14.7. The second-order valence-corrected chi connectivity index (χ2v) is 5.54. The summed E-state index contributed by atoms with van der Waals surface area (Å²) in [5.41, 5.74) is -0.187. The Morgan fingerprint density at radius 2 is 1.71 bits per heavy atom. The van der Waals surface area contributed by atoms with Crippen molar-refractivity contribution in [3.8, 4) is 6.07 Å². The van der Waals surface area contributed by atoms with Crippen LogP contribution in [0.15, 0.2) is 54.1 Å². The van der Waals surface area contributed by atoms with Crippen LogP contribution in [0.25, 0.3) is 6.08 Å². The zero-order chi connectivity index (χ0) is 20.7. The van der Waals surface area contributed by atoms with E-state index in [-0.39, 0.29) is 17.7 Å². The average Bonchev–Trinajstić information content (AvgIpc) is 2.66. The molecule has 0 radical (unpaired) electrons. The Morgan fingerprint density at radius 1 is 1.11 bits per heavy atom. The van der Waals surface area contributed by atoms with Gasteiger partial charge in [-0.05, 0) is 55.0 Å². The highest BCUT2D eigenvalue weighted by Gasteiger charge is 2.29. The van der Waals surface area contributed by atoms with E-state index in [0.717, 1.165) is 12.1 Å². The number of carbonyl (C=O) groups excluding carboxylic acids is 2. The van der Waals surface area contributed by atoms with Crippen LogP contribution in [0, 0.1) is 11.3 Å². The standard InChI is InChI=1S/C20H15F3N2O3/c1-2-28-19(27)14-5-9-17(10-6-14)25-18(26)15(12-24)11-13-3-7-16(8-4-13)20(21,22)23/h3-11H,2H2,1H3,(H,25,26)/b15-11+. The van der Waals surface area contributed by atoms with Crippen LogP contribution < -0.4 is 5.32 Å². The summed E-state index contributed by atoms with van der Waals surface area (Å²) in [5, 5.41) is 11.7. The van der Waals surface area contributed by atoms with Gasteiger partial charge in [-0.15, -0.1) is 0 Å². The summed E-state index contributed by atoms with van der Waals surface area (Å²) in [5.74, 6) is -1.23. The fourth-order valence-electron chi connectivity index (χ4n) is 2.19. The van der Waals surface area contributed by atoms with Crippen molar-refractivity contribution < 1.29 is 27.5 Å². The molecule has 0 saturated heterocycles. The molecule has 0 aliphatic heterocycles. The number of nitrogens with zero attached hydrogens (tertiary/aromatic N) is 1. The predicted molar refractivity (Wildman–Crippen MR) is 96.1 cm³/mol. The first-order valence-electron chi connectivity index (χ1n) is 8.12. The maximum Gasteiger partial charge on any atom is 0.416 e. The second kappa shape index (κ2) is 8.86. The number of benzene rings is 2. The first-order valence-corrected chi connectivity index (χ1v) is 8.12. The first-order chi connectivity index (χ1) is 13.2. The van der Waals surface area contributed by atoms with Crippen LogP contribution in [0.4, 0.5) is 18.9 Å². The maximum absolute atomic E-state index is 12.6. The first kappa shape index (κ1) is 20.7. The topological polar surface area (TPSA) is 79.2 Å². The SMILES string of the molecule is CCOC(=O)c1ccc(NC(=O)/C(C#N)=C/c2ccc(C(F)(F)F)cc2)cc1. The van der Waals surface area contributed by atoms with Gasteiger partial charge in [-0.3, -0.25) is 4.79 Å². The summed E-state index contributed by atoms with van der Waals surface area (Å²) in [6, 6.07) is 11.6. The number of alkyl halides is 3. The molecule has 1 N–H and O–H groups in total. The molecular weight excluding hydrogens is 373 g/mol. The van der Waals surface area contributed by atoms with Crippen LogP contribution >= 0.6 is 0 Å². The Labute approximate surface area is 159 Å². The van der Waals surface area contributed by atoms with Gasteiger partial charge in [0, 0.05) is 5.69 Å². The Hall–Kier alpha value is -3.60. The van der Waals surface area contributed by atoms with Crippen molar-refractivity contribution in [1.82, 2.24) is 0 Å². The monoisotopic (exact) mass is 388 g/mol. The summed E-state index contributed by atoms with van der Waals surface area (Å²) in [6.07, 6.45) is -3.28. The number of amides is 1. The van der Waals surface area contributed by atoms with Gasteiger partial charge in [-0.1, -0.05) is 12.1 Å². The van der Waals surface area contributed by atoms with Crippen molar-refractivity contribution in [2.75, 3.05) is 11.9 Å². The van der Waals surface area contributed by atoms with E-state index in [1.807, 2.05) is 0 Å². The van der Waals surface area contributed by atoms with Crippen molar-refractivity contribution in [1.29, 1.82) is 5.26 Å². The molecule has 8 heteroatoms. The minimum Gasteiger partial charge on any atom is -0.462 e. The number of rotatable bonds is 5. The molecule has 5 nitrogen and oxygen atoms in total. The van der Waals surface area contributed by atoms with E-state index < -0.39 is 23.6 Å². The number of hydrogen-bond acceptors (Lipinski definition) is 4. The van der Waals surface area contributed by atoms with Crippen LogP contribution in [-0.4, -0.2) is 18.5 Å². The van der Waals surface area contributed by atoms with Gasteiger partial charge in [0.2, 0.25) is 0 Å². The van der Waals surface area contributed by atoms with E-state index in [4.69, 9.17) is 4.74 Å². The molecule has 0 unspecified atom stereocenters. The summed E-state index contributed by atoms with van der Waals surface area (Å²) < 4.78 is 42.6. The van der Waals surface area contributed by atoms with Crippen molar-refractivity contribution in [3.63, 3.8) is 0 Å². The van der Waals surface area contributed by atoms with Gasteiger partial charge in [0.15, 0.2) is 0 Å². The molecule has 28 heavy (non-hydrogen) atoms. The molecule has 0 aromatic heterocycles. The highest BCUT2D eigenvalue weighted by molar-refractivity contribution is 6.09. The van der Waals surface area contributed by atoms with Crippen LogP contribution in [0.1, 0.15) is 28.4 Å². The molecular formula is C20H15F3N2O3. The third-order valence-electron chi connectivity index (χ3n) is 3.57.